The molecule has 5 aromatic rings. The lowest BCUT2D eigenvalue weighted by Gasteiger charge is -2.11. The van der Waals surface area contributed by atoms with E-state index in [0.717, 1.165) is 16.7 Å². The van der Waals surface area contributed by atoms with Gasteiger partial charge in [0.15, 0.2) is 10.7 Å². The Bertz CT molecular complexity index is 1560. The van der Waals surface area contributed by atoms with Gasteiger partial charge in [-0.15, -0.1) is 0 Å². The van der Waals surface area contributed by atoms with Crippen molar-refractivity contribution in [2.24, 2.45) is 0 Å². The van der Waals surface area contributed by atoms with Crippen LogP contribution in [0.25, 0.3) is 33.7 Å². The van der Waals surface area contributed by atoms with Crippen LogP contribution in [-0.2, 0) is 0 Å². The first-order valence-corrected chi connectivity index (χ1v) is 11.8. The summed E-state index contributed by atoms with van der Waals surface area (Å²) in [5.74, 6) is 1.14. The first-order chi connectivity index (χ1) is 18.0. The topological polar surface area (TPSA) is 85.6 Å². The van der Waals surface area contributed by atoms with Crippen LogP contribution in [0.4, 0.5) is 5.69 Å². The number of methoxy groups -OCH3 is 2. The first kappa shape index (κ1) is 24.0. The smallest absolute Gasteiger partial charge is 0.257 e. The van der Waals surface area contributed by atoms with Crippen LogP contribution in [0.1, 0.15) is 10.4 Å². The molecule has 37 heavy (non-hydrogen) atoms. The molecule has 0 aliphatic heterocycles. The summed E-state index contributed by atoms with van der Waals surface area (Å²) < 4.78 is 16.4. The van der Waals surface area contributed by atoms with E-state index in [2.05, 4.69) is 27.8 Å². The number of ether oxygens (including phenoxy) is 2. The minimum absolute atomic E-state index is 0.145. The lowest BCUT2D eigenvalue weighted by molar-refractivity contribution is 0.0977. The van der Waals surface area contributed by atoms with Crippen molar-refractivity contribution in [3.8, 4) is 34.1 Å². The van der Waals surface area contributed by atoms with Crippen LogP contribution in [0.5, 0.6) is 11.5 Å². The lowest BCUT2D eigenvalue weighted by atomic mass is 10.0. The summed E-state index contributed by atoms with van der Waals surface area (Å²) in [5, 5.41) is 5.84. The quantitative estimate of drug-likeness (QED) is 0.260. The third-order valence-corrected chi connectivity index (χ3v) is 5.93. The number of amides is 1. The Labute approximate surface area is 219 Å². The third kappa shape index (κ3) is 5.44. The summed E-state index contributed by atoms with van der Waals surface area (Å²) in [5.41, 5.74) is 5.48. The van der Waals surface area contributed by atoms with Gasteiger partial charge >= 0.3 is 0 Å². The molecule has 7 nitrogen and oxygen atoms in total. The Morgan fingerprint density at radius 3 is 2.14 bits per heavy atom. The van der Waals surface area contributed by atoms with E-state index in [0.29, 0.717) is 39.7 Å². The number of carbonyl (C=O) groups excluding carboxylic acids is 1. The van der Waals surface area contributed by atoms with Crippen LogP contribution in [0, 0.1) is 0 Å². The molecule has 0 spiro atoms. The Kier molecular flexibility index (Phi) is 6.83. The minimum atomic E-state index is -0.390. The third-order valence-electron chi connectivity index (χ3n) is 5.73. The average molecular weight is 510 g/mol. The van der Waals surface area contributed by atoms with E-state index in [-0.39, 0.29) is 5.11 Å². The van der Waals surface area contributed by atoms with Crippen LogP contribution in [0.3, 0.4) is 0 Å². The zero-order chi connectivity index (χ0) is 25.8. The van der Waals surface area contributed by atoms with E-state index in [1.54, 1.807) is 18.2 Å². The molecule has 0 saturated heterocycles. The molecular weight excluding hydrogens is 486 g/mol. The fraction of sp³-hybridized carbons (Fsp3) is 0.0690. The monoisotopic (exact) mass is 509 g/mol. The van der Waals surface area contributed by atoms with E-state index < -0.39 is 5.91 Å². The molecular formula is C29H23N3O4S. The summed E-state index contributed by atoms with van der Waals surface area (Å²) in [6.45, 7) is 0. The molecule has 1 aromatic heterocycles. The second kappa shape index (κ2) is 10.5. The number of nitrogens with zero attached hydrogens (tertiary/aromatic N) is 1. The Morgan fingerprint density at radius 1 is 0.811 bits per heavy atom. The Morgan fingerprint density at radius 2 is 1.46 bits per heavy atom. The van der Waals surface area contributed by atoms with Gasteiger partial charge in [-0.2, -0.15) is 0 Å². The Hall–Kier alpha value is -4.69. The van der Waals surface area contributed by atoms with E-state index in [1.807, 2.05) is 60.7 Å². The predicted molar refractivity (Wildman–Crippen MR) is 148 cm³/mol. The van der Waals surface area contributed by atoms with Gasteiger partial charge in [-0.05, 0) is 65.8 Å². The van der Waals surface area contributed by atoms with Gasteiger partial charge in [0.2, 0.25) is 5.89 Å². The second-order valence-electron chi connectivity index (χ2n) is 8.15. The van der Waals surface area contributed by atoms with Gasteiger partial charge in [0.1, 0.15) is 17.0 Å². The summed E-state index contributed by atoms with van der Waals surface area (Å²) in [4.78, 5) is 17.3. The van der Waals surface area contributed by atoms with Gasteiger partial charge in [-0.25, -0.2) is 4.98 Å². The molecule has 5 rings (SSSR count). The summed E-state index contributed by atoms with van der Waals surface area (Å²) in [7, 11) is 3.04. The van der Waals surface area contributed by atoms with Crippen molar-refractivity contribution in [1.82, 2.24) is 10.3 Å². The standard InChI is InChI=1S/C29H23N3O4S/c1-34-23-14-21(15-24(17-23)35-2)27(33)32-29(37)30-22-12-13-26-25(16-22)31-28(36-26)20-10-8-19(9-11-20)18-6-4-3-5-7-18/h3-17H,1-2H3,(H2,30,32,33,37). The highest BCUT2D eigenvalue weighted by molar-refractivity contribution is 7.80. The van der Waals surface area contributed by atoms with Crippen LogP contribution in [-0.4, -0.2) is 30.2 Å². The summed E-state index contributed by atoms with van der Waals surface area (Å²) in [6.07, 6.45) is 0. The molecule has 2 N–H and O–H groups in total. The van der Waals surface area contributed by atoms with Crippen molar-refractivity contribution in [3.05, 3.63) is 96.6 Å². The second-order valence-corrected chi connectivity index (χ2v) is 8.56. The maximum atomic E-state index is 12.7. The highest BCUT2D eigenvalue weighted by Gasteiger charge is 2.13. The average Bonchev–Trinajstić information content (AvgIpc) is 3.36. The van der Waals surface area contributed by atoms with Gasteiger partial charge in [-0.1, -0.05) is 42.5 Å². The van der Waals surface area contributed by atoms with E-state index >= 15 is 0 Å². The SMILES string of the molecule is COc1cc(OC)cc(C(=O)NC(=S)Nc2ccc3oc(-c4ccc(-c5ccccc5)cc4)nc3c2)c1. The fourth-order valence-electron chi connectivity index (χ4n) is 3.84. The number of carbonyl (C=O) groups is 1. The first-order valence-electron chi connectivity index (χ1n) is 11.4. The Balaban J connectivity index is 1.28. The molecule has 0 saturated carbocycles. The number of aromatic nitrogens is 1. The molecule has 1 amide bonds. The highest BCUT2D eigenvalue weighted by Crippen LogP contribution is 2.28. The van der Waals surface area contributed by atoms with Gasteiger partial charge in [0.25, 0.3) is 5.91 Å². The maximum absolute atomic E-state index is 12.7. The molecule has 1 heterocycles. The number of anilines is 1. The van der Waals surface area contributed by atoms with Crippen LogP contribution in [0.15, 0.2) is 95.4 Å². The number of oxazole rings is 1. The zero-order valence-electron chi connectivity index (χ0n) is 20.1. The molecule has 0 bridgehead atoms. The molecule has 0 fully saturated rings. The van der Waals surface area contributed by atoms with Gasteiger partial charge in [0.05, 0.1) is 14.2 Å². The van der Waals surface area contributed by atoms with Crippen molar-refractivity contribution in [1.29, 1.82) is 0 Å². The number of rotatable bonds is 6. The number of benzene rings is 4. The molecule has 0 unspecified atom stereocenters. The number of hydrogen-bond donors (Lipinski definition) is 2. The van der Waals surface area contributed by atoms with Crippen LogP contribution >= 0.6 is 12.2 Å². The normalized spacial score (nSPS) is 10.6. The zero-order valence-corrected chi connectivity index (χ0v) is 21.0. The van der Waals surface area contributed by atoms with Crippen molar-refractivity contribution in [3.63, 3.8) is 0 Å². The van der Waals surface area contributed by atoms with Gasteiger partial charge < -0.3 is 19.2 Å². The van der Waals surface area contributed by atoms with Gasteiger partial charge in [0, 0.05) is 22.9 Å². The van der Waals surface area contributed by atoms with Crippen molar-refractivity contribution < 1.29 is 18.7 Å². The lowest BCUT2D eigenvalue weighted by Crippen LogP contribution is -2.34. The molecule has 0 aliphatic carbocycles. The molecule has 0 atom stereocenters. The van der Waals surface area contributed by atoms with E-state index in [4.69, 9.17) is 26.1 Å². The molecule has 8 heteroatoms. The largest absolute Gasteiger partial charge is 0.497 e. The van der Waals surface area contributed by atoms with Crippen molar-refractivity contribution in [2.75, 3.05) is 19.5 Å². The predicted octanol–water partition coefficient (Wildman–Crippen LogP) is 6.31. The maximum Gasteiger partial charge on any atom is 0.257 e. The molecule has 4 aromatic carbocycles. The van der Waals surface area contributed by atoms with Crippen LogP contribution < -0.4 is 20.1 Å². The van der Waals surface area contributed by atoms with Crippen LogP contribution in [0.2, 0.25) is 0 Å². The van der Waals surface area contributed by atoms with Gasteiger partial charge in [-0.3, -0.25) is 10.1 Å². The number of fused-ring (bicyclic) bond motifs is 1. The molecule has 0 radical (unpaired) electrons. The number of nitrogens with one attached hydrogen (secondary N) is 2. The van der Waals surface area contributed by atoms with Crippen molar-refractivity contribution >= 4 is 40.0 Å². The number of hydrogen-bond acceptors (Lipinski definition) is 6. The summed E-state index contributed by atoms with van der Waals surface area (Å²) >= 11 is 5.34. The van der Waals surface area contributed by atoms with E-state index in [9.17, 15) is 4.79 Å². The van der Waals surface area contributed by atoms with Crippen molar-refractivity contribution in [2.45, 2.75) is 0 Å². The molecule has 184 valence electrons. The minimum Gasteiger partial charge on any atom is -0.497 e. The van der Waals surface area contributed by atoms with E-state index in [1.165, 1.54) is 14.2 Å². The number of thiocarbonyl (C=S) groups is 1. The highest BCUT2D eigenvalue weighted by atomic mass is 32.1. The fourth-order valence-corrected chi connectivity index (χ4v) is 4.05. The molecule has 0 aliphatic rings. The summed E-state index contributed by atoms with van der Waals surface area (Å²) in [6, 6.07) is 28.6.